The summed E-state index contributed by atoms with van der Waals surface area (Å²) in [6.45, 7) is 5.06. The summed E-state index contributed by atoms with van der Waals surface area (Å²) in [6.07, 6.45) is -1.79. The number of hydrogen-bond donors (Lipinski definition) is 2. The second-order valence-corrected chi connectivity index (χ2v) is 5.15. The van der Waals surface area contributed by atoms with Crippen molar-refractivity contribution >= 4 is 12.1 Å². The molecular weight excluding hydrogens is 248 g/mol. The van der Waals surface area contributed by atoms with E-state index in [0.717, 1.165) is 0 Å². The number of amides is 1. The van der Waals surface area contributed by atoms with Crippen molar-refractivity contribution in [2.24, 2.45) is 5.92 Å². The molecular formula is C11H19F2NO4. The maximum absolute atomic E-state index is 13.3. The van der Waals surface area contributed by atoms with Crippen molar-refractivity contribution in [1.82, 2.24) is 5.32 Å². The van der Waals surface area contributed by atoms with Gasteiger partial charge in [-0.15, -0.1) is 0 Å². The smallest absolute Gasteiger partial charge is 0.407 e. The quantitative estimate of drug-likeness (QED) is 0.801. The summed E-state index contributed by atoms with van der Waals surface area (Å²) in [5, 5.41) is 10.4. The van der Waals surface area contributed by atoms with E-state index < -0.39 is 42.5 Å². The van der Waals surface area contributed by atoms with Crippen molar-refractivity contribution in [1.29, 1.82) is 0 Å². The minimum Gasteiger partial charge on any atom is -0.481 e. The van der Waals surface area contributed by atoms with Crippen LogP contribution in [0.5, 0.6) is 0 Å². The van der Waals surface area contributed by atoms with E-state index in [1.807, 2.05) is 5.32 Å². The Balaban J connectivity index is 4.19. The summed E-state index contributed by atoms with van der Waals surface area (Å²) >= 11 is 0. The van der Waals surface area contributed by atoms with Crippen molar-refractivity contribution in [3.05, 3.63) is 0 Å². The molecule has 0 rings (SSSR count). The predicted octanol–water partition coefficient (Wildman–Crippen LogP) is 2.26. The molecule has 5 nitrogen and oxygen atoms in total. The summed E-state index contributed by atoms with van der Waals surface area (Å²) in [4.78, 5) is 21.6. The number of alkyl carbamates (subject to hydrolysis) is 1. The number of aliphatic carboxylic acids is 1. The molecule has 0 radical (unpaired) electrons. The van der Waals surface area contributed by atoms with E-state index in [1.165, 1.54) is 6.92 Å². The second-order valence-electron chi connectivity index (χ2n) is 5.15. The Kier molecular flexibility index (Phi) is 5.51. The predicted molar refractivity (Wildman–Crippen MR) is 60.6 cm³/mol. The second kappa shape index (κ2) is 5.97. The van der Waals surface area contributed by atoms with Crippen LogP contribution in [0.25, 0.3) is 0 Å². The molecule has 106 valence electrons. The summed E-state index contributed by atoms with van der Waals surface area (Å²) in [7, 11) is 0. The molecule has 0 bridgehead atoms. The zero-order valence-corrected chi connectivity index (χ0v) is 10.9. The number of nitrogens with one attached hydrogen (secondary N) is 1. The van der Waals surface area contributed by atoms with Gasteiger partial charge in [0.05, 0.1) is 12.5 Å². The number of hydrogen-bond acceptors (Lipinski definition) is 3. The zero-order chi connectivity index (χ0) is 14.6. The van der Waals surface area contributed by atoms with Gasteiger partial charge in [-0.05, 0) is 20.8 Å². The Bertz CT molecular complexity index is 313. The van der Waals surface area contributed by atoms with E-state index in [2.05, 4.69) is 0 Å². The Morgan fingerprint density at radius 2 is 1.83 bits per heavy atom. The van der Waals surface area contributed by atoms with Crippen LogP contribution in [-0.4, -0.2) is 35.2 Å². The van der Waals surface area contributed by atoms with Gasteiger partial charge < -0.3 is 15.2 Å². The van der Waals surface area contributed by atoms with Gasteiger partial charge in [0.15, 0.2) is 0 Å². The van der Waals surface area contributed by atoms with Gasteiger partial charge in [0.25, 0.3) is 5.92 Å². The lowest BCUT2D eigenvalue weighted by atomic mass is 10.0. The molecule has 0 spiro atoms. The number of alkyl halides is 2. The van der Waals surface area contributed by atoms with Gasteiger partial charge in [-0.3, -0.25) is 4.79 Å². The van der Waals surface area contributed by atoms with Crippen LogP contribution in [0.15, 0.2) is 0 Å². The third kappa shape index (κ3) is 7.81. The van der Waals surface area contributed by atoms with Gasteiger partial charge in [-0.2, -0.15) is 0 Å². The molecule has 0 heterocycles. The third-order valence-electron chi connectivity index (χ3n) is 1.92. The molecule has 0 fully saturated rings. The van der Waals surface area contributed by atoms with E-state index in [-0.39, 0.29) is 0 Å². The maximum Gasteiger partial charge on any atom is 0.407 e. The molecule has 0 aromatic carbocycles. The fourth-order valence-corrected chi connectivity index (χ4v) is 1.12. The van der Waals surface area contributed by atoms with Crippen LogP contribution >= 0.6 is 0 Å². The molecule has 0 aromatic heterocycles. The first-order valence-electron chi connectivity index (χ1n) is 5.50. The number of carboxylic acids is 1. The molecule has 1 amide bonds. The number of carbonyl (C=O) groups is 2. The Morgan fingerprint density at radius 3 is 2.22 bits per heavy atom. The Labute approximate surface area is 105 Å². The molecule has 1 atom stereocenters. The van der Waals surface area contributed by atoms with E-state index in [1.54, 1.807) is 20.8 Å². The zero-order valence-electron chi connectivity index (χ0n) is 10.9. The number of carbonyl (C=O) groups excluding carboxylic acids is 1. The summed E-state index contributed by atoms with van der Waals surface area (Å²) < 4.78 is 31.4. The lowest BCUT2D eigenvalue weighted by Crippen LogP contribution is -2.41. The fraction of sp³-hybridized carbons (Fsp3) is 0.818. The van der Waals surface area contributed by atoms with Crippen LogP contribution in [0.3, 0.4) is 0 Å². The lowest BCUT2D eigenvalue weighted by Gasteiger charge is -2.22. The monoisotopic (exact) mass is 267 g/mol. The first-order chi connectivity index (χ1) is 7.93. The molecule has 18 heavy (non-hydrogen) atoms. The van der Waals surface area contributed by atoms with Crippen LogP contribution in [0, 0.1) is 5.92 Å². The van der Waals surface area contributed by atoms with Crippen LogP contribution in [-0.2, 0) is 9.53 Å². The largest absolute Gasteiger partial charge is 0.481 e. The minimum atomic E-state index is -3.28. The van der Waals surface area contributed by atoms with Gasteiger partial charge in [-0.25, -0.2) is 13.6 Å². The molecule has 0 aliphatic heterocycles. The average molecular weight is 267 g/mol. The molecule has 0 saturated heterocycles. The molecule has 2 N–H and O–H groups in total. The minimum absolute atomic E-state index is 0.770. The highest BCUT2D eigenvalue weighted by Crippen LogP contribution is 2.23. The summed E-state index contributed by atoms with van der Waals surface area (Å²) in [5.74, 6) is -5.76. The number of rotatable bonds is 5. The molecule has 0 aliphatic carbocycles. The van der Waals surface area contributed by atoms with Crippen LogP contribution < -0.4 is 5.32 Å². The first kappa shape index (κ1) is 16.6. The van der Waals surface area contributed by atoms with Gasteiger partial charge in [0.1, 0.15) is 5.60 Å². The van der Waals surface area contributed by atoms with Gasteiger partial charge in [0.2, 0.25) is 0 Å². The van der Waals surface area contributed by atoms with Crippen molar-refractivity contribution in [3.63, 3.8) is 0 Å². The standard InChI is InChI=1S/C11H19F2NO4/c1-7(8(15)16)5-11(12,13)6-14-9(17)18-10(2,3)4/h7H,5-6H2,1-4H3,(H,14,17)(H,15,16). The van der Waals surface area contributed by atoms with Gasteiger partial charge in [0, 0.05) is 6.42 Å². The molecule has 0 aliphatic rings. The fourth-order valence-electron chi connectivity index (χ4n) is 1.12. The van der Waals surface area contributed by atoms with Crippen molar-refractivity contribution in [2.45, 2.75) is 45.6 Å². The number of halogens is 2. The first-order valence-corrected chi connectivity index (χ1v) is 5.50. The molecule has 0 saturated carbocycles. The van der Waals surface area contributed by atoms with Crippen molar-refractivity contribution in [2.75, 3.05) is 6.54 Å². The summed E-state index contributed by atoms with van der Waals surface area (Å²) in [5.41, 5.74) is -0.770. The van der Waals surface area contributed by atoms with Crippen molar-refractivity contribution < 1.29 is 28.2 Å². The molecule has 0 aromatic rings. The molecule has 1 unspecified atom stereocenters. The topological polar surface area (TPSA) is 75.6 Å². The lowest BCUT2D eigenvalue weighted by molar-refractivity contribution is -0.144. The van der Waals surface area contributed by atoms with E-state index in [9.17, 15) is 18.4 Å². The highest BCUT2D eigenvalue weighted by molar-refractivity contribution is 5.69. The number of carboxylic acid groups (broad SMARTS) is 1. The SMILES string of the molecule is CC(CC(F)(F)CNC(=O)OC(C)(C)C)C(=O)O. The van der Waals surface area contributed by atoms with Crippen LogP contribution in [0.4, 0.5) is 13.6 Å². The normalized spacial score (nSPS) is 13.9. The van der Waals surface area contributed by atoms with E-state index in [4.69, 9.17) is 9.84 Å². The number of ether oxygens (including phenoxy) is 1. The summed E-state index contributed by atoms with van der Waals surface area (Å²) in [6, 6.07) is 0. The highest BCUT2D eigenvalue weighted by Gasteiger charge is 2.34. The van der Waals surface area contributed by atoms with Crippen LogP contribution in [0.1, 0.15) is 34.1 Å². The van der Waals surface area contributed by atoms with Gasteiger partial charge in [-0.1, -0.05) is 6.92 Å². The van der Waals surface area contributed by atoms with E-state index >= 15 is 0 Å². The Hall–Kier alpha value is -1.40. The van der Waals surface area contributed by atoms with E-state index in [0.29, 0.717) is 0 Å². The molecule has 7 heteroatoms. The Morgan fingerprint density at radius 1 is 1.33 bits per heavy atom. The average Bonchev–Trinajstić information content (AvgIpc) is 2.11. The van der Waals surface area contributed by atoms with Crippen molar-refractivity contribution in [3.8, 4) is 0 Å². The van der Waals surface area contributed by atoms with Gasteiger partial charge >= 0.3 is 12.1 Å². The third-order valence-corrected chi connectivity index (χ3v) is 1.92. The van der Waals surface area contributed by atoms with Crippen LogP contribution in [0.2, 0.25) is 0 Å². The highest BCUT2D eigenvalue weighted by atomic mass is 19.3. The maximum atomic E-state index is 13.3.